The molecule has 29 heavy (non-hydrogen) atoms. The summed E-state index contributed by atoms with van der Waals surface area (Å²) >= 11 is 4.58. The normalized spacial score (nSPS) is 13.9. The van der Waals surface area contributed by atoms with Gasteiger partial charge in [-0.3, -0.25) is 14.5 Å². The van der Waals surface area contributed by atoms with E-state index in [9.17, 15) is 20.0 Å². The second-order valence-corrected chi connectivity index (χ2v) is 7.99. The monoisotopic (exact) mass is 465 g/mol. The van der Waals surface area contributed by atoms with Gasteiger partial charge in [0.1, 0.15) is 22.4 Å². The summed E-state index contributed by atoms with van der Waals surface area (Å²) in [5.41, 5.74) is 2.05. The smallest absolute Gasteiger partial charge is 0.261 e. The van der Waals surface area contributed by atoms with Gasteiger partial charge >= 0.3 is 0 Å². The van der Waals surface area contributed by atoms with E-state index < -0.39 is 11.8 Å². The lowest BCUT2D eigenvalue weighted by Crippen LogP contribution is -2.32. The lowest BCUT2D eigenvalue weighted by molar-refractivity contribution is 0.0652. The summed E-state index contributed by atoms with van der Waals surface area (Å²) in [7, 11) is 0. The number of fused-ring (bicyclic) bond motifs is 1. The van der Waals surface area contributed by atoms with Gasteiger partial charge in [0.2, 0.25) is 0 Å². The molecular weight excluding hydrogens is 454 g/mol. The van der Waals surface area contributed by atoms with Crippen LogP contribution < -0.4 is 0 Å². The standard InChI is InChI=1S/C21H12BrN3O3S/c22-13-7-5-12(6-8-13)17-11-29-19(24-17)16(9-23)18(26)10-25-20(27)14-3-1-2-4-15(14)21(25)28/h1-8,11,26H,10H2/b18-16-. The Morgan fingerprint density at radius 1 is 1.10 bits per heavy atom. The van der Waals surface area contributed by atoms with Gasteiger partial charge < -0.3 is 5.11 Å². The van der Waals surface area contributed by atoms with Crippen LogP contribution in [-0.4, -0.2) is 33.3 Å². The number of hydrogen-bond donors (Lipinski definition) is 1. The lowest BCUT2D eigenvalue weighted by Gasteiger charge is -2.13. The maximum Gasteiger partial charge on any atom is 0.261 e. The number of rotatable bonds is 4. The largest absolute Gasteiger partial charge is 0.509 e. The molecule has 8 heteroatoms. The number of hydrogen-bond acceptors (Lipinski definition) is 6. The molecule has 2 amide bonds. The fourth-order valence-corrected chi connectivity index (χ4v) is 4.10. The molecule has 1 aliphatic rings. The van der Waals surface area contributed by atoms with Crippen LogP contribution in [0.5, 0.6) is 0 Å². The number of nitriles is 1. The predicted octanol–water partition coefficient (Wildman–Crippen LogP) is 4.66. The molecule has 0 atom stereocenters. The zero-order chi connectivity index (χ0) is 20.5. The van der Waals surface area contributed by atoms with Crippen molar-refractivity contribution in [2.45, 2.75) is 0 Å². The molecule has 1 aliphatic heterocycles. The molecule has 0 radical (unpaired) electrons. The first-order valence-electron chi connectivity index (χ1n) is 8.49. The molecule has 6 nitrogen and oxygen atoms in total. The van der Waals surface area contributed by atoms with Crippen molar-refractivity contribution in [2.24, 2.45) is 0 Å². The zero-order valence-electron chi connectivity index (χ0n) is 14.8. The molecular formula is C21H12BrN3O3S. The highest BCUT2D eigenvalue weighted by atomic mass is 79.9. The Labute approximate surface area is 178 Å². The zero-order valence-corrected chi connectivity index (χ0v) is 17.2. The first-order chi connectivity index (χ1) is 14.0. The van der Waals surface area contributed by atoms with Gasteiger partial charge in [-0.2, -0.15) is 5.26 Å². The van der Waals surface area contributed by atoms with E-state index >= 15 is 0 Å². The minimum absolute atomic E-state index is 0.0603. The molecule has 0 saturated heterocycles. The molecule has 0 unspecified atom stereocenters. The van der Waals surface area contributed by atoms with Crippen molar-refractivity contribution in [3.8, 4) is 17.3 Å². The summed E-state index contributed by atoms with van der Waals surface area (Å²) in [6.45, 7) is -0.386. The average molecular weight is 466 g/mol. The Balaban J connectivity index is 1.62. The number of aromatic nitrogens is 1. The van der Waals surface area contributed by atoms with E-state index in [1.165, 1.54) is 11.3 Å². The van der Waals surface area contributed by atoms with Crippen molar-refractivity contribution in [3.05, 3.63) is 80.3 Å². The molecule has 2 aromatic carbocycles. The summed E-state index contributed by atoms with van der Waals surface area (Å²) in [5, 5.41) is 22.2. The summed E-state index contributed by atoms with van der Waals surface area (Å²) in [4.78, 5) is 30.3. The number of halogens is 1. The molecule has 0 aliphatic carbocycles. The van der Waals surface area contributed by atoms with Crippen molar-refractivity contribution < 1.29 is 14.7 Å². The van der Waals surface area contributed by atoms with Gasteiger partial charge in [0.25, 0.3) is 11.8 Å². The van der Waals surface area contributed by atoms with Crippen molar-refractivity contribution in [1.29, 1.82) is 5.26 Å². The second-order valence-electron chi connectivity index (χ2n) is 6.22. The first-order valence-corrected chi connectivity index (χ1v) is 10.2. The summed E-state index contributed by atoms with van der Waals surface area (Å²) in [5.74, 6) is -1.37. The minimum atomic E-state index is -0.496. The molecule has 2 heterocycles. The van der Waals surface area contributed by atoms with Crippen LogP contribution in [0, 0.1) is 11.3 Å². The molecule has 1 aromatic heterocycles. The molecule has 3 aromatic rings. The van der Waals surface area contributed by atoms with Gasteiger partial charge in [-0.05, 0) is 24.3 Å². The SMILES string of the molecule is N#C/C(=C(/O)CN1C(=O)c2ccccc2C1=O)c1nc(-c2ccc(Br)cc2)cs1. The van der Waals surface area contributed by atoms with Crippen LogP contribution in [0.1, 0.15) is 25.7 Å². The van der Waals surface area contributed by atoms with Gasteiger partial charge in [-0.15, -0.1) is 11.3 Å². The summed E-state index contributed by atoms with van der Waals surface area (Å²) < 4.78 is 0.938. The Morgan fingerprint density at radius 3 is 2.31 bits per heavy atom. The molecule has 142 valence electrons. The third kappa shape index (κ3) is 3.46. The van der Waals surface area contributed by atoms with Crippen molar-refractivity contribution in [2.75, 3.05) is 6.54 Å². The quantitative estimate of drug-likeness (QED) is 0.343. The number of nitrogens with zero attached hydrogens (tertiary/aromatic N) is 3. The molecule has 0 bridgehead atoms. The number of aliphatic hydroxyl groups is 1. The Morgan fingerprint density at radius 2 is 1.72 bits per heavy atom. The van der Waals surface area contributed by atoms with E-state index in [2.05, 4.69) is 20.9 Å². The van der Waals surface area contributed by atoms with Crippen molar-refractivity contribution in [1.82, 2.24) is 9.88 Å². The summed E-state index contributed by atoms with van der Waals surface area (Å²) in [6, 6.07) is 15.9. The minimum Gasteiger partial charge on any atom is -0.509 e. The fraction of sp³-hybridized carbons (Fsp3) is 0.0476. The fourth-order valence-electron chi connectivity index (χ4n) is 2.99. The molecule has 0 spiro atoms. The molecule has 0 fully saturated rings. The predicted molar refractivity (Wildman–Crippen MR) is 112 cm³/mol. The lowest BCUT2D eigenvalue weighted by atomic mass is 10.1. The van der Waals surface area contributed by atoms with Crippen LogP contribution in [0.25, 0.3) is 16.8 Å². The maximum atomic E-state index is 12.5. The van der Waals surface area contributed by atoms with E-state index in [0.29, 0.717) is 10.7 Å². The van der Waals surface area contributed by atoms with Gasteiger partial charge in [0.15, 0.2) is 0 Å². The summed E-state index contributed by atoms with van der Waals surface area (Å²) in [6.07, 6.45) is 0. The van der Waals surface area contributed by atoms with Crippen LogP contribution in [0.4, 0.5) is 0 Å². The Kier molecular flexibility index (Phi) is 5.01. The van der Waals surface area contributed by atoms with E-state index in [-0.39, 0.29) is 29.0 Å². The van der Waals surface area contributed by atoms with Crippen LogP contribution in [-0.2, 0) is 0 Å². The highest BCUT2D eigenvalue weighted by Crippen LogP contribution is 2.29. The second kappa shape index (κ2) is 7.62. The van der Waals surface area contributed by atoms with Gasteiger partial charge in [0, 0.05) is 15.4 Å². The number of carbonyl (C=O) groups is 2. The highest BCUT2D eigenvalue weighted by molar-refractivity contribution is 9.10. The van der Waals surface area contributed by atoms with E-state index in [0.717, 1.165) is 14.9 Å². The number of benzene rings is 2. The number of allylic oxidation sites excluding steroid dienone is 1. The third-order valence-electron chi connectivity index (χ3n) is 4.44. The topological polar surface area (TPSA) is 94.3 Å². The number of imide groups is 1. The average Bonchev–Trinajstić information content (AvgIpc) is 3.29. The molecule has 4 rings (SSSR count). The van der Waals surface area contributed by atoms with Crippen LogP contribution in [0.3, 0.4) is 0 Å². The van der Waals surface area contributed by atoms with Crippen LogP contribution in [0.15, 0.2) is 64.1 Å². The first kappa shape index (κ1) is 19.1. The maximum absolute atomic E-state index is 12.5. The number of aliphatic hydroxyl groups excluding tert-OH is 1. The molecule has 1 N–H and O–H groups in total. The van der Waals surface area contributed by atoms with Crippen molar-refractivity contribution >= 4 is 44.7 Å². The van der Waals surface area contributed by atoms with E-state index in [1.54, 1.807) is 29.6 Å². The number of thiazole rings is 1. The molecule has 0 saturated carbocycles. The van der Waals surface area contributed by atoms with Gasteiger partial charge in [-0.1, -0.05) is 40.2 Å². The number of carbonyl (C=O) groups excluding carboxylic acids is 2. The van der Waals surface area contributed by atoms with E-state index in [1.807, 2.05) is 30.3 Å². The van der Waals surface area contributed by atoms with Crippen molar-refractivity contribution in [3.63, 3.8) is 0 Å². The Bertz CT molecular complexity index is 1170. The van der Waals surface area contributed by atoms with Gasteiger partial charge in [-0.25, -0.2) is 4.98 Å². The van der Waals surface area contributed by atoms with Gasteiger partial charge in [0.05, 0.1) is 23.4 Å². The number of amides is 2. The third-order valence-corrected chi connectivity index (χ3v) is 5.83. The van der Waals surface area contributed by atoms with Crippen LogP contribution in [0.2, 0.25) is 0 Å². The Hall–Kier alpha value is -3.28. The highest BCUT2D eigenvalue weighted by Gasteiger charge is 2.36. The van der Waals surface area contributed by atoms with Crippen LogP contribution >= 0.6 is 27.3 Å². The van der Waals surface area contributed by atoms with E-state index in [4.69, 9.17) is 0 Å².